The molecule has 1 aliphatic rings. The van der Waals surface area contributed by atoms with Gasteiger partial charge in [0.2, 0.25) is 0 Å². The Morgan fingerprint density at radius 1 is 1.62 bits per heavy atom. The van der Waals surface area contributed by atoms with Crippen LogP contribution in [0.25, 0.3) is 0 Å². The minimum Gasteiger partial charge on any atom is -0.482 e. The van der Waals surface area contributed by atoms with Gasteiger partial charge in [0.1, 0.15) is 5.75 Å². The molecule has 0 saturated carbocycles. The summed E-state index contributed by atoms with van der Waals surface area (Å²) in [6, 6.07) is 6.70. The van der Waals surface area contributed by atoms with Gasteiger partial charge in [0.15, 0.2) is 6.61 Å². The smallest absolute Gasteiger partial charge is 0.264 e. The van der Waals surface area contributed by atoms with Crippen LogP contribution in [0, 0.1) is 13.0 Å². The van der Waals surface area contributed by atoms with Gasteiger partial charge < -0.3 is 9.64 Å². The molecule has 0 spiro atoms. The van der Waals surface area contributed by atoms with Gasteiger partial charge >= 0.3 is 0 Å². The Morgan fingerprint density at radius 3 is 3.15 bits per heavy atom. The van der Waals surface area contributed by atoms with Gasteiger partial charge in [0.25, 0.3) is 5.91 Å². The van der Waals surface area contributed by atoms with Crippen molar-refractivity contribution in [3.05, 3.63) is 23.8 Å². The predicted octanol–water partition coefficient (Wildman–Crippen LogP) is 1.15. The van der Waals surface area contributed by atoms with Crippen LogP contribution >= 0.6 is 0 Å². The van der Waals surface area contributed by atoms with E-state index in [0.29, 0.717) is 0 Å². The molecule has 67 valence electrons. The molecule has 1 aromatic carbocycles. The van der Waals surface area contributed by atoms with Crippen LogP contribution in [-0.4, -0.2) is 19.6 Å². The Morgan fingerprint density at radius 2 is 2.38 bits per heavy atom. The van der Waals surface area contributed by atoms with Crippen LogP contribution in [0.5, 0.6) is 5.75 Å². The minimum atomic E-state index is -0.0234. The van der Waals surface area contributed by atoms with Crippen molar-refractivity contribution >= 4 is 11.6 Å². The second kappa shape index (κ2) is 2.76. The van der Waals surface area contributed by atoms with E-state index in [2.05, 4.69) is 6.07 Å². The Kier molecular flexibility index (Phi) is 1.72. The average Bonchev–Trinajstić information content (AvgIpc) is 2.12. The fourth-order valence-electron chi connectivity index (χ4n) is 1.31. The van der Waals surface area contributed by atoms with Crippen molar-refractivity contribution in [3.63, 3.8) is 0 Å². The maximum absolute atomic E-state index is 11.2. The van der Waals surface area contributed by atoms with Gasteiger partial charge in [-0.25, -0.2) is 0 Å². The number of hydrogen-bond acceptors (Lipinski definition) is 2. The summed E-state index contributed by atoms with van der Waals surface area (Å²) in [5.41, 5.74) is 1.81. The highest BCUT2D eigenvalue weighted by molar-refractivity contribution is 5.97. The van der Waals surface area contributed by atoms with E-state index in [4.69, 9.17) is 4.74 Å². The van der Waals surface area contributed by atoms with Crippen molar-refractivity contribution < 1.29 is 9.53 Å². The molecule has 1 radical (unpaired) electrons. The van der Waals surface area contributed by atoms with Gasteiger partial charge in [-0.1, -0.05) is 0 Å². The normalized spacial score (nSPS) is 15.2. The molecule has 2 rings (SSSR count). The largest absolute Gasteiger partial charge is 0.482 e. The van der Waals surface area contributed by atoms with Crippen LogP contribution in [-0.2, 0) is 4.79 Å². The van der Waals surface area contributed by atoms with E-state index in [1.807, 2.05) is 13.0 Å². The third-order valence-electron chi connectivity index (χ3n) is 2.12. The number of anilines is 1. The molecule has 0 atom stereocenters. The number of likely N-dealkylation sites (N-methyl/N-ethyl adjacent to an activating group) is 1. The third kappa shape index (κ3) is 1.26. The predicted molar refractivity (Wildman–Crippen MR) is 48.9 cm³/mol. The molecule has 0 saturated heterocycles. The van der Waals surface area contributed by atoms with Crippen molar-refractivity contribution in [2.24, 2.45) is 0 Å². The van der Waals surface area contributed by atoms with E-state index in [-0.39, 0.29) is 12.5 Å². The molecule has 1 amide bonds. The zero-order valence-corrected chi connectivity index (χ0v) is 7.63. The molecule has 3 nitrogen and oxygen atoms in total. The zero-order valence-electron chi connectivity index (χ0n) is 7.63. The number of ether oxygens (including phenoxy) is 1. The van der Waals surface area contributed by atoms with Crippen LogP contribution < -0.4 is 9.64 Å². The van der Waals surface area contributed by atoms with Gasteiger partial charge in [-0.15, -0.1) is 0 Å². The second-order valence-corrected chi connectivity index (χ2v) is 3.11. The maximum atomic E-state index is 11.2. The molecular weight excluding hydrogens is 166 g/mol. The van der Waals surface area contributed by atoms with E-state index in [0.717, 1.165) is 17.0 Å². The van der Waals surface area contributed by atoms with Crippen molar-refractivity contribution in [1.29, 1.82) is 0 Å². The standard InChI is InChI=1S/C10H10NO2/c1-7-3-4-8-9(5-7)13-6-10(12)11(8)2/h4-5H,6H2,1-2H3. The molecular formula is C10H10NO2. The Balaban J connectivity index is 2.49. The number of carbonyl (C=O) groups is 1. The molecule has 0 aliphatic carbocycles. The Bertz CT molecular complexity index is 360. The summed E-state index contributed by atoms with van der Waals surface area (Å²) < 4.78 is 5.28. The average molecular weight is 176 g/mol. The number of carbonyl (C=O) groups excluding carboxylic acids is 1. The minimum absolute atomic E-state index is 0.0234. The molecule has 0 bridgehead atoms. The van der Waals surface area contributed by atoms with Crippen molar-refractivity contribution in [2.45, 2.75) is 6.92 Å². The number of rotatable bonds is 0. The number of hydrogen-bond donors (Lipinski definition) is 0. The molecule has 0 aromatic heterocycles. The lowest BCUT2D eigenvalue weighted by molar-refractivity contribution is -0.120. The molecule has 1 aromatic rings. The quantitative estimate of drug-likeness (QED) is 0.593. The van der Waals surface area contributed by atoms with Crippen molar-refractivity contribution in [3.8, 4) is 5.75 Å². The summed E-state index contributed by atoms with van der Waals surface area (Å²) >= 11 is 0. The first kappa shape index (κ1) is 8.10. The lowest BCUT2D eigenvalue weighted by Gasteiger charge is -2.25. The first-order valence-electron chi connectivity index (χ1n) is 4.10. The summed E-state index contributed by atoms with van der Waals surface area (Å²) in [5, 5.41) is 0. The number of benzene rings is 1. The van der Waals surface area contributed by atoms with Gasteiger partial charge in [0, 0.05) is 7.05 Å². The summed E-state index contributed by atoms with van der Waals surface area (Å²) in [6.07, 6.45) is 0. The van der Waals surface area contributed by atoms with E-state index in [1.54, 1.807) is 18.0 Å². The van der Waals surface area contributed by atoms with Gasteiger partial charge in [-0.3, -0.25) is 4.79 Å². The molecule has 0 N–H and O–H groups in total. The highest BCUT2D eigenvalue weighted by Gasteiger charge is 2.21. The first-order chi connectivity index (χ1) is 6.18. The highest BCUT2D eigenvalue weighted by Crippen LogP contribution is 2.31. The summed E-state index contributed by atoms with van der Waals surface area (Å²) in [5.74, 6) is 0.739. The van der Waals surface area contributed by atoms with E-state index < -0.39 is 0 Å². The lowest BCUT2D eigenvalue weighted by atomic mass is 10.2. The van der Waals surface area contributed by atoms with E-state index >= 15 is 0 Å². The van der Waals surface area contributed by atoms with E-state index in [1.165, 1.54) is 0 Å². The van der Waals surface area contributed by atoms with Crippen molar-refractivity contribution in [1.82, 2.24) is 0 Å². The molecule has 3 heteroatoms. The second-order valence-electron chi connectivity index (χ2n) is 3.11. The SMILES string of the molecule is Cc1[c]cc2c(c1)OCC(=O)N2C. The molecule has 0 fully saturated rings. The number of aryl methyl sites for hydroxylation is 1. The number of nitrogens with zero attached hydrogens (tertiary/aromatic N) is 1. The summed E-state index contributed by atoms with van der Waals surface area (Å²) in [4.78, 5) is 12.8. The number of fused-ring (bicyclic) bond motifs is 1. The highest BCUT2D eigenvalue weighted by atomic mass is 16.5. The molecule has 1 aliphatic heterocycles. The number of amides is 1. The van der Waals surface area contributed by atoms with E-state index in [9.17, 15) is 4.79 Å². The molecule has 13 heavy (non-hydrogen) atoms. The van der Waals surface area contributed by atoms with Crippen LogP contribution in [0.15, 0.2) is 12.1 Å². The summed E-state index contributed by atoms with van der Waals surface area (Å²) in [7, 11) is 1.74. The monoisotopic (exact) mass is 176 g/mol. The van der Waals surface area contributed by atoms with Gasteiger partial charge in [-0.2, -0.15) is 0 Å². The maximum Gasteiger partial charge on any atom is 0.264 e. The molecule has 0 unspecified atom stereocenters. The fourth-order valence-corrected chi connectivity index (χ4v) is 1.31. The van der Waals surface area contributed by atoms with Gasteiger partial charge in [-0.05, 0) is 30.7 Å². The zero-order chi connectivity index (χ0) is 9.42. The fraction of sp³-hybridized carbons (Fsp3) is 0.300. The van der Waals surface area contributed by atoms with Gasteiger partial charge in [0.05, 0.1) is 5.69 Å². The first-order valence-corrected chi connectivity index (χ1v) is 4.10. The van der Waals surface area contributed by atoms with Crippen LogP contribution in [0.2, 0.25) is 0 Å². The Hall–Kier alpha value is -1.51. The van der Waals surface area contributed by atoms with Crippen LogP contribution in [0.4, 0.5) is 5.69 Å². The lowest BCUT2D eigenvalue weighted by Crippen LogP contribution is -2.35. The van der Waals surface area contributed by atoms with Crippen LogP contribution in [0.1, 0.15) is 5.56 Å². The topological polar surface area (TPSA) is 29.5 Å². The summed E-state index contributed by atoms with van der Waals surface area (Å²) in [6.45, 7) is 2.08. The van der Waals surface area contributed by atoms with Crippen molar-refractivity contribution in [2.75, 3.05) is 18.6 Å². The third-order valence-corrected chi connectivity index (χ3v) is 2.12. The Labute approximate surface area is 76.9 Å². The molecule has 1 heterocycles. The van der Waals surface area contributed by atoms with Crippen LogP contribution in [0.3, 0.4) is 0 Å².